The van der Waals surface area contributed by atoms with Crippen LogP contribution in [-0.2, 0) is 0 Å². The first-order valence-corrected chi connectivity index (χ1v) is 4.30. The Morgan fingerprint density at radius 1 is 1.38 bits per heavy atom. The molecule has 0 saturated carbocycles. The molecule has 1 aromatic carbocycles. The lowest BCUT2D eigenvalue weighted by Gasteiger charge is -2.23. The molecule has 2 N–H and O–H groups in total. The van der Waals surface area contributed by atoms with E-state index < -0.39 is 0 Å². The minimum Gasteiger partial charge on any atom is -0.396 e. The van der Waals surface area contributed by atoms with Gasteiger partial charge >= 0.3 is 0 Å². The quantitative estimate of drug-likeness (QED) is 0.711. The van der Waals surface area contributed by atoms with E-state index in [4.69, 9.17) is 5.73 Å². The Labute approximate surface area is 78.2 Å². The molecule has 0 bridgehead atoms. The van der Waals surface area contributed by atoms with Crippen LogP contribution in [0.4, 0.5) is 15.8 Å². The molecule has 0 radical (unpaired) electrons. The van der Waals surface area contributed by atoms with E-state index in [1.54, 1.807) is 12.1 Å². The molecule has 72 valence electrons. The zero-order chi connectivity index (χ0) is 10.0. The molecule has 0 heterocycles. The van der Waals surface area contributed by atoms with Gasteiger partial charge in [-0.05, 0) is 32.0 Å². The van der Waals surface area contributed by atoms with E-state index in [-0.39, 0.29) is 11.5 Å². The van der Waals surface area contributed by atoms with Gasteiger partial charge in [0.05, 0.1) is 5.69 Å². The van der Waals surface area contributed by atoms with Crippen molar-refractivity contribution in [2.24, 2.45) is 0 Å². The van der Waals surface area contributed by atoms with Gasteiger partial charge in [-0.2, -0.15) is 0 Å². The molecule has 0 unspecified atom stereocenters. The summed E-state index contributed by atoms with van der Waals surface area (Å²) in [5.74, 6) is -0.360. The molecule has 3 heteroatoms. The fraction of sp³-hybridized carbons (Fsp3) is 0.400. The Bertz CT molecular complexity index is 297. The van der Waals surface area contributed by atoms with Gasteiger partial charge in [0.2, 0.25) is 0 Å². The number of nitrogens with two attached hydrogens (primary N) is 1. The van der Waals surface area contributed by atoms with Crippen LogP contribution in [0, 0.1) is 5.82 Å². The van der Waals surface area contributed by atoms with Gasteiger partial charge in [0.25, 0.3) is 0 Å². The summed E-state index contributed by atoms with van der Waals surface area (Å²) in [5, 5.41) is 0. The molecule has 0 spiro atoms. The third-order valence-electron chi connectivity index (χ3n) is 2.16. The zero-order valence-electron chi connectivity index (χ0n) is 8.21. The predicted octanol–water partition coefficient (Wildman–Crippen LogP) is 2.25. The molecule has 0 amide bonds. The molecule has 0 fully saturated rings. The van der Waals surface area contributed by atoms with E-state index in [0.29, 0.717) is 6.04 Å². The number of nitrogen functional groups attached to an aromatic ring is 1. The molecule has 0 aliphatic carbocycles. The highest BCUT2D eigenvalue weighted by molar-refractivity contribution is 5.56. The molecular weight excluding hydrogens is 167 g/mol. The van der Waals surface area contributed by atoms with Gasteiger partial charge < -0.3 is 10.6 Å². The average Bonchev–Trinajstić information content (AvgIpc) is 2.08. The molecule has 0 saturated heterocycles. The van der Waals surface area contributed by atoms with Crippen LogP contribution in [0.1, 0.15) is 13.8 Å². The zero-order valence-corrected chi connectivity index (χ0v) is 8.21. The number of hydrogen-bond acceptors (Lipinski definition) is 2. The number of benzene rings is 1. The van der Waals surface area contributed by atoms with Gasteiger partial charge in [0, 0.05) is 18.8 Å². The fourth-order valence-electron chi connectivity index (χ4n) is 1.05. The van der Waals surface area contributed by atoms with Crippen LogP contribution in [-0.4, -0.2) is 13.1 Å². The van der Waals surface area contributed by atoms with Crippen LogP contribution in [0.5, 0.6) is 0 Å². The summed E-state index contributed by atoms with van der Waals surface area (Å²) in [6, 6.07) is 5.15. The Morgan fingerprint density at radius 3 is 2.46 bits per heavy atom. The van der Waals surface area contributed by atoms with Crippen LogP contribution in [0.15, 0.2) is 18.2 Å². The normalized spacial score (nSPS) is 10.5. The van der Waals surface area contributed by atoms with Gasteiger partial charge in [0.15, 0.2) is 0 Å². The molecule has 1 rings (SSSR count). The van der Waals surface area contributed by atoms with E-state index in [1.165, 1.54) is 6.07 Å². The van der Waals surface area contributed by atoms with Gasteiger partial charge in [-0.1, -0.05) is 0 Å². The van der Waals surface area contributed by atoms with Crippen LogP contribution < -0.4 is 10.6 Å². The van der Waals surface area contributed by atoms with E-state index in [1.807, 2.05) is 11.9 Å². The van der Waals surface area contributed by atoms with Crippen LogP contribution in [0.3, 0.4) is 0 Å². The Kier molecular flexibility index (Phi) is 2.76. The summed E-state index contributed by atoms with van der Waals surface area (Å²) in [6.07, 6.45) is 0. The number of hydrogen-bond donors (Lipinski definition) is 1. The molecule has 1 aromatic rings. The maximum absolute atomic E-state index is 12.8. The molecule has 2 nitrogen and oxygen atoms in total. The van der Waals surface area contributed by atoms with Crippen molar-refractivity contribution in [2.45, 2.75) is 19.9 Å². The van der Waals surface area contributed by atoms with Crippen LogP contribution in [0.25, 0.3) is 0 Å². The van der Waals surface area contributed by atoms with Gasteiger partial charge in [0.1, 0.15) is 5.82 Å². The fourth-order valence-corrected chi connectivity index (χ4v) is 1.05. The molecule has 0 aromatic heterocycles. The smallest absolute Gasteiger partial charge is 0.146 e. The predicted molar refractivity (Wildman–Crippen MR) is 54.4 cm³/mol. The van der Waals surface area contributed by atoms with Crippen LogP contribution >= 0.6 is 0 Å². The third kappa shape index (κ3) is 2.11. The summed E-state index contributed by atoms with van der Waals surface area (Å²) < 4.78 is 12.8. The van der Waals surface area contributed by atoms with Crippen molar-refractivity contribution < 1.29 is 4.39 Å². The first-order chi connectivity index (χ1) is 6.02. The maximum atomic E-state index is 12.8. The Hall–Kier alpha value is -1.25. The highest BCUT2D eigenvalue weighted by Gasteiger charge is 2.06. The maximum Gasteiger partial charge on any atom is 0.146 e. The summed E-state index contributed by atoms with van der Waals surface area (Å²) in [7, 11) is 1.96. The van der Waals surface area contributed by atoms with Gasteiger partial charge in [-0.15, -0.1) is 0 Å². The summed E-state index contributed by atoms with van der Waals surface area (Å²) in [4.78, 5) is 2.04. The van der Waals surface area contributed by atoms with E-state index in [0.717, 1.165) is 5.69 Å². The van der Waals surface area contributed by atoms with E-state index in [2.05, 4.69) is 13.8 Å². The van der Waals surface area contributed by atoms with Crippen molar-refractivity contribution in [3.8, 4) is 0 Å². The van der Waals surface area contributed by atoms with E-state index >= 15 is 0 Å². The molecule has 0 aliphatic rings. The minimum absolute atomic E-state index is 0.199. The van der Waals surface area contributed by atoms with Crippen molar-refractivity contribution >= 4 is 11.4 Å². The van der Waals surface area contributed by atoms with Crippen molar-refractivity contribution in [1.29, 1.82) is 0 Å². The first-order valence-electron chi connectivity index (χ1n) is 4.30. The lowest BCUT2D eigenvalue weighted by Crippen LogP contribution is -2.25. The second kappa shape index (κ2) is 3.64. The van der Waals surface area contributed by atoms with Crippen LogP contribution in [0.2, 0.25) is 0 Å². The van der Waals surface area contributed by atoms with Crippen molar-refractivity contribution in [3.63, 3.8) is 0 Å². The third-order valence-corrected chi connectivity index (χ3v) is 2.16. The van der Waals surface area contributed by atoms with Gasteiger partial charge in [-0.25, -0.2) is 4.39 Å². The minimum atomic E-state index is -0.360. The number of rotatable bonds is 2. The average molecular weight is 182 g/mol. The van der Waals surface area contributed by atoms with Crippen molar-refractivity contribution in [1.82, 2.24) is 0 Å². The molecule has 0 atom stereocenters. The standard InChI is InChI=1S/C10H15FN2/c1-7(2)13(3)8-4-5-9(11)10(12)6-8/h4-7H,12H2,1-3H3. The SMILES string of the molecule is CC(C)N(C)c1ccc(F)c(N)c1. The van der Waals surface area contributed by atoms with Crippen molar-refractivity contribution in [2.75, 3.05) is 17.7 Å². The summed E-state index contributed by atoms with van der Waals surface area (Å²) >= 11 is 0. The first kappa shape index (κ1) is 9.84. The molecule has 13 heavy (non-hydrogen) atoms. The lowest BCUT2D eigenvalue weighted by atomic mass is 10.2. The Morgan fingerprint density at radius 2 is 2.00 bits per heavy atom. The number of halogens is 1. The summed E-state index contributed by atoms with van der Waals surface area (Å²) in [5.41, 5.74) is 6.59. The van der Waals surface area contributed by atoms with Crippen molar-refractivity contribution in [3.05, 3.63) is 24.0 Å². The topological polar surface area (TPSA) is 29.3 Å². The molecule has 0 aliphatic heterocycles. The van der Waals surface area contributed by atoms with Gasteiger partial charge in [-0.3, -0.25) is 0 Å². The highest BCUT2D eigenvalue weighted by atomic mass is 19.1. The van der Waals surface area contributed by atoms with E-state index in [9.17, 15) is 4.39 Å². The number of anilines is 2. The number of nitrogens with zero attached hydrogens (tertiary/aromatic N) is 1. The molecular formula is C10H15FN2. The highest BCUT2D eigenvalue weighted by Crippen LogP contribution is 2.20. The lowest BCUT2D eigenvalue weighted by molar-refractivity contribution is 0.632. The Balaban J connectivity index is 2.97. The second-order valence-electron chi connectivity index (χ2n) is 3.41. The second-order valence-corrected chi connectivity index (χ2v) is 3.41. The monoisotopic (exact) mass is 182 g/mol. The largest absolute Gasteiger partial charge is 0.396 e. The summed E-state index contributed by atoms with van der Waals surface area (Å²) in [6.45, 7) is 4.14.